The Hall–Kier alpha value is -1.88. The maximum atomic E-state index is 5.94. The van der Waals surface area contributed by atoms with Crippen molar-refractivity contribution in [1.29, 1.82) is 0 Å². The van der Waals surface area contributed by atoms with E-state index in [1.54, 1.807) is 12.5 Å². The third kappa shape index (κ3) is 2.14. The van der Waals surface area contributed by atoms with Crippen molar-refractivity contribution < 1.29 is 0 Å². The number of imidazole rings is 1. The van der Waals surface area contributed by atoms with Crippen molar-refractivity contribution in [3.8, 4) is 0 Å². The van der Waals surface area contributed by atoms with Crippen LogP contribution in [-0.4, -0.2) is 21.6 Å². The molecule has 1 unspecified atom stereocenters. The predicted octanol–water partition coefficient (Wildman–Crippen LogP) is 1.01. The van der Waals surface area contributed by atoms with Crippen LogP contribution in [0.5, 0.6) is 0 Å². The maximum absolute atomic E-state index is 5.94. The first-order valence-corrected chi connectivity index (χ1v) is 5.49. The standard InChI is InChI=1S/C12H17N5/c1-8-4-9(12(13)16-5-8)11(14-2)10-6-15-7-17(10)3/h4-7,11,14H,1-3H3,(H2,13,16). The van der Waals surface area contributed by atoms with Crippen molar-refractivity contribution in [2.24, 2.45) is 7.05 Å². The van der Waals surface area contributed by atoms with Crippen LogP contribution in [0.1, 0.15) is 22.9 Å². The molecule has 5 nitrogen and oxygen atoms in total. The minimum atomic E-state index is 0.00917. The molecule has 2 rings (SSSR count). The molecule has 0 bridgehead atoms. The van der Waals surface area contributed by atoms with Gasteiger partial charge in [0.15, 0.2) is 0 Å². The van der Waals surface area contributed by atoms with E-state index >= 15 is 0 Å². The number of nitrogens with zero attached hydrogens (tertiary/aromatic N) is 3. The molecule has 3 N–H and O–H groups in total. The zero-order chi connectivity index (χ0) is 12.4. The quantitative estimate of drug-likeness (QED) is 0.827. The minimum Gasteiger partial charge on any atom is -0.383 e. The van der Waals surface area contributed by atoms with Gasteiger partial charge in [0.25, 0.3) is 0 Å². The molecule has 1 atom stereocenters. The number of rotatable bonds is 3. The first-order valence-electron chi connectivity index (χ1n) is 5.49. The lowest BCUT2D eigenvalue weighted by atomic mass is 10.0. The van der Waals surface area contributed by atoms with Gasteiger partial charge in [0.2, 0.25) is 0 Å². The van der Waals surface area contributed by atoms with Crippen molar-refractivity contribution in [1.82, 2.24) is 19.9 Å². The Balaban J connectivity index is 2.49. The largest absolute Gasteiger partial charge is 0.383 e. The predicted molar refractivity (Wildman–Crippen MR) is 67.5 cm³/mol. The summed E-state index contributed by atoms with van der Waals surface area (Å²) in [7, 11) is 3.87. The van der Waals surface area contributed by atoms with Gasteiger partial charge in [0.1, 0.15) is 5.82 Å². The average Bonchev–Trinajstić information content (AvgIpc) is 2.71. The van der Waals surface area contributed by atoms with E-state index in [1.807, 2.05) is 31.8 Å². The van der Waals surface area contributed by atoms with E-state index in [0.29, 0.717) is 5.82 Å². The Labute approximate surface area is 101 Å². The molecule has 0 saturated carbocycles. The summed E-state index contributed by atoms with van der Waals surface area (Å²) in [5, 5.41) is 3.25. The summed E-state index contributed by atoms with van der Waals surface area (Å²) in [4.78, 5) is 8.33. The Morgan fingerprint density at radius 2 is 2.18 bits per heavy atom. The molecule has 5 heteroatoms. The first-order chi connectivity index (χ1) is 8.13. The summed E-state index contributed by atoms with van der Waals surface area (Å²) in [6.07, 6.45) is 5.39. The zero-order valence-corrected chi connectivity index (χ0v) is 10.3. The van der Waals surface area contributed by atoms with Crippen LogP contribution in [0.2, 0.25) is 0 Å². The molecule has 0 aliphatic rings. The van der Waals surface area contributed by atoms with Crippen LogP contribution in [0, 0.1) is 6.92 Å². The van der Waals surface area contributed by atoms with Crippen LogP contribution < -0.4 is 11.1 Å². The van der Waals surface area contributed by atoms with E-state index in [1.165, 1.54) is 0 Å². The number of nitrogens with one attached hydrogen (secondary N) is 1. The fraction of sp³-hybridized carbons (Fsp3) is 0.333. The van der Waals surface area contributed by atoms with Crippen molar-refractivity contribution in [3.63, 3.8) is 0 Å². The normalized spacial score (nSPS) is 12.6. The van der Waals surface area contributed by atoms with Gasteiger partial charge >= 0.3 is 0 Å². The summed E-state index contributed by atoms with van der Waals surface area (Å²) in [6, 6.07) is 2.06. The van der Waals surface area contributed by atoms with Crippen molar-refractivity contribution in [3.05, 3.63) is 41.6 Å². The van der Waals surface area contributed by atoms with Gasteiger partial charge in [-0.3, -0.25) is 0 Å². The second kappa shape index (κ2) is 4.55. The van der Waals surface area contributed by atoms with Crippen LogP contribution >= 0.6 is 0 Å². The van der Waals surface area contributed by atoms with Gasteiger partial charge in [-0.2, -0.15) is 0 Å². The summed E-state index contributed by atoms with van der Waals surface area (Å²) in [5.74, 6) is 0.552. The average molecular weight is 231 g/mol. The van der Waals surface area contributed by atoms with E-state index in [2.05, 4.69) is 21.4 Å². The third-order valence-corrected chi connectivity index (χ3v) is 2.84. The van der Waals surface area contributed by atoms with Gasteiger partial charge < -0.3 is 15.6 Å². The van der Waals surface area contributed by atoms with E-state index in [0.717, 1.165) is 16.8 Å². The second-order valence-electron chi connectivity index (χ2n) is 4.14. The monoisotopic (exact) mass is 231 g/mol. The molecule has 0 saturated heterocycles. The molecular weight excluding hydrogens is 214 g/mol. The van der Waals surface area contributed by atoms with E-state index in [-0.39, 0.29) is 6.04 Å². The molecule has 90 valence electrons. The summed E-state index contributed by atoms with van der Waals surface area (Å²) >= 11 is 0. The molecule has 0 aromatic carbocycles. The minimum absolute atomic E-state index is 0.00917. The highest BCUT2D eigenvalue weighted by Gasteiger charge is 2.18. The lowest BCUT2D eigenvalue weighted by Gasteiger charge is -2.18. The number of anilines is 1. The Morgan fingerprint density at radius 1 is 1.41 bits per heavy atom. The summed E-state index contributed by atoms with van der Waals surface area (Å²) in [5.41, 5.74) is 9.08. The Kier molecular flexibility index (Phi) is 3.10. The van der Waals surface area contributed by atoms with Gasteiger partial charge in [-0.15, -0.1) is 0 Å². The number of aryl methyl sites for hydroxylation is 2. The highest BCUT2D eigenvalue weighted by Crippen LogP contribution is 2.25. The molecule has 0 fully saturated rings. The number of pyridine rings is 1. The molecule has 0 aliphatic heterocycles. The van der Waals surface area contributed by atoms with Crippen LogP contribution in [0.4, 0.5) is 5.82 Å². The van der Waals surface area contributed by atoms with Crippen LogP contribution in [0.25, 0.3) is 0 Å². The van der Waals surface area contributed by atoms with Crippen LogP contribution in [-0.2, 0) is 7.05 Å². The number of nitrogens with two attached hydrogens (primary N) is 1. The molecule has 2 aromatic rings. The third-order valence-electron chi connectivity index (χ3n) is 2.84. The summed E-state index contributed by atoms with van der Waals surface area (Å²) in [6.45, 7) is 2.01. The zero-order valence-electron chi connectivity index (χ0n) is 10.3. The molecule has 0 radical (unpaired) electrons. The fourth-order valence-corrected chi connectivity index (χ4v) is 1.94. The van der Waals surface area contributed by atoms with E-state index in [9.17, 15) is 0 Å². The molecule has 0 spiro atoms. The molecule has 17 heavy (non-hydrogen) atoms. The SMILES string of the molecule is CNC(c1cc(C)cnc1N)c1cncn1C. The number of nitrogen functional groups attached to an aromatic ring is 1. The number of aromatic nitrogens is 3. The van der Waals surface area contributed by atoms with E-state index in [4.69, 9.17) is 5.73 Å². The summed E-state index contributed by atoms with van der Waals surface area (Å²) < 4.78 is 1.98. The van der Waals surface area contributed by atoms with Gasteiger partial charge in [0, 0.05) is 18.8 Å². The molecular formula is C12H17N5. The molecule has 2 heterocycles. The van der Waals surface area contributed by atoms with Crippen molar-refractivity contribution in [2.45, 2.75) is 13.0 Å². The lowest BCUT2D eigenvalue weighted by Crippen LogP contribution is -2.21. The molecule has 0 amide bonds. The van der Waals surface area contributed by atoms with Gasteiger partial charge in [0.05, 0.1) is 24.3 Å². The topological polar surface area (TPSA) is 68.8 Å². The van der Waals surface area contributed by atoms with Crippen LogP contribution in [0.15, 0.2) is 24.8 Å². The van der Waals surface area contributed by atoms with Crippen molar-refractivity contribution in [2.75, 3.05) is 12.8 Å². The van der Waals surface area contributed by atoms with Crippen LogP contribution in [0.3, 0.4) is 0 Å². The van der Waals surface area contributed by atoms with Crippen molar-refractivity contribution >= 4 is 5.82 Å². The highest BCUT2D eigenvalue weighted by molar-refractivity contribution is 5.45. The van der Waals surface area contributed by atoms with E-state index < -0.39 is 0 Å². The Morgan fingerprint density at radius 3 is 2.76 bits per heavy atom. The number of hydrogen-bond donors (Lipinski definition) is 2. The molecule has 2 aromatic heterocycles. The smallest absolute Gasteiger partial charge is 0.128 e. The van der Waals surface area contributed by atoms with Gasteiger partial charge in [-0.25, -0.2) is 9.97 Å². The number of hydrogen-bond acceptors (Lipinski definition) is 4. The lowest BCUT2D eigenvalue weighted by molar-refractivity contribution is 0.637. The van der Waals surface area contributed by atoms with Gasteiger partial charge in [-0.05, 0) is 25.6 Å². The maximum Gasteiger partial charge on any atom is 0.128 e. The van der Waals surface area contributed by atoms with Gasteiger partial charge in [-0.1, -0.05) is 0 Å². The molecule has 0 aliphatic carbocycles. The fourth-order valence-electron chi connectivity index (χ4n) is 1.94. The Bertz CT molecular complexity index is 517. The highest BCUT2D eigenvalue weighted by atomic mass is 15.1. The second-order valence-corrected chi connectivity index (χ2v) is 4.14. The first kappa shape index (κ1) is 11.6.